The van der Waals surface area contributed by atoms with Gasteiger partial charge in [-0.3, -0.25) is 14.8 Å². The quantitative estimate of drug-likeness (QED) is 0.819. The summed E-state index contributed by atoms with van der Waals surface area (Å²) < 4.78 is 0. The first-order valence-electron chi connectivity index (χ1n) is 4.98. The molecule has 0 bridgehead atoms. The van der Waals surface area contributed by atoms with Crippen molar-refractivity contribution in [2.24, 2.45) is 0 Å². The van der Waals surface area contributed by atoms with E-state index >= 15 is 0 Å². The zero-order valence-corrected chi connectivity index (χ0v) is 9.93. The first kappa shape index (κ1) is 11.5. The van der Waals surface area contributed by atoms with Crippen LogP contribution in [0.1, 0.15) is 10.4 Å². The van der Waals surface area contributed by atoms with E-state index < -0.39 is 0 Å². The first-order chi connectivity index (χ1) is 8.20. The Morgan fingerprint density at radius 1 is 1.18 bits per heavy atom. The van der Waals surface area contributed by atoms with E-state index in [0.717, 1.165) is 5.69 Å². The third-order valence-electron chi connectivity index (χ3n) is 2.36. The average Bonchev–Trinajstić information content (AvgIpc) is 2.39. The van der Waals surface area contributed by atoms with Crippen molar-refractivity contribution in [1.29, 1.82) is 0 Å². The van der Waals surface area contributed by atoms with Gasteiger partial charge in [0.2, 0.25) is 0 Å². The predicted molar refractivity (Wildman–Crippen MR) is 66.2 cm³/mol. The number of hydrogen-bond acceptors (Lipinski definition) is 3. The molecule has 0 spiro atoms. The Bertz CT molecular complexity index is 530. The molecule has 0 aliphatic carbocycles. The largest absolute Gasteiger partial charge is 0.311 e. The highest BCUT2D eigenvalue weighted by atomic mass is 35.5. The van der Waals surface area contributed by atoms with Gasteiger partial charge in [0.15, 0.2) is 0 Å². The van der Waals surface area contributed by atoms with Crippen LogP contribution in [-0.4, -0.2) is 22.9 Å². The lowest BCUT2D eigenvalue weighted by molar-refractivity contribution is 0.0993. The monoisotopic (exact) mass is 247 g/mol. The van der Waals surface area contributed by atoms with Crippen molar-refractivity contribution in [3.63, 3.8) is 0 Å². The van der Waals surface area contributed by atoms with E-state index in [1.807, 2.05) is 0 Å². The Balaban J connectivity index is 2.30. The molecule has 4 nitrogen and oxygen atoms in total. The lowest BCUT2D eigenvalue weighted by Crippen LogP contribution is -2.26. The SMILES string of the molecule is CN(C(=O)c1ccncc1Cl)c1ccncc1. The molecule has 2 aromatic rings. The summed E-state index contributed by atoms with van der Waals surface area (Å²) in [4.78, 5) is 21.4. The topological polar surface area (TPSA) is 46.1 Å². The third-order valence-corrected chi connectivity index (χ3v) is 2.66. The van der Waals surface area contributed by atoms with E-state index in [-0.39, 0.29) is 5.91 Å². The van der Waals surface area contributed by atoms with Gasteiger partial charge in [0.05, 0.1) is 10.6 Å². The molecule has 2 heterocycles. The van der Waals surface area contributed by atoms with Crippen LogP contribution in [0.15, 0.2) is 43.0 Å². The Hall–Kier alpha value is -1.94. The first-order valence-corrected chi connectivity index (χ1v) is 5.35. The second-order valence-electron chi connectivity index (χ2n) is 3.43. The van der Waals surface area contributed by atoms with Gasteiger partial charge in [0.1, 0.15) is 0 Å². The molecule has 0 fully saturated rings. The number of halogens is 1. The summed E-state index contributed by atoms with van der Waals surface area (Å²) in [5.74, 6) is -0.177. The lowest BCUT2D eigenvalue weighted by Gasteiger charge is -2.17. The summed E-state index contributed by atoms with van der Waals surface area (Å²) in [5.41, 5.74) is 1.19. The summed E-state index contributed by atoms with van der Waals surface area (Å²) in [6.07, 6.45) is 6.26. The molecule has 0 aromatic carbocycles. The maximum Gasteiger partial charge on any atom is 0.259 e. The van der Waals surface area contributed by atoms with Crippen molar-refractivity contribution < 1.29 is 4.79 Å². The molecule has 0 saturated heterocycles. The minimum atomic E-state index is -0.177. The van der Waals surface area contributed by atoms with Gasteiger partial charge < -0.3 is 4.90 Å². The van der Waals surface area contributed by atoms with Crippen molar-refractivity contribution >= 4 is 23.2 Å². The van der Waals surface area contributed by atoms with Crippen LogP contribution >= 0.6 is 11.6 Å². The normalized spacial score (nSPS) is 10.0. The number of anilines is 1. The van der Waals surface area contributed by atoms with Crippen LogP contribution < -0.4 is 4.90 Å². The van der Waals surface area contributed by atoms with E-state index in [9.17, 15) is 4.79 Å². The van der Waals surface area contributed by atoms with Crippen LogP contribution in [0.5, 0.6) is 0 Å². The number of carbonyl (C=O) groups excluding carboxylic acids is 1. The number of amides is 1. The molecule has 2 aromatic heterocycles. The fourth-order valence-electron chi connectivity index (χ4n) is 1.41. The number of carbonyl (C=O) groups is 1. The zero-order valence-electron chi connectivity index (χ0n) is 9.17. The summed E-state index contributed by atoms with van der Waals surface area (Å²) >= 11 is 5.93. The molecule has 86 valence electrons. The molecule has 0 radical (unpaired) electrons. The van der Waals surface area contributed by atoms with Crippen LogP contribution in [0.4, 0.5) is 5.69 Å². The fourth-order valence-corrected chi connectivity index (χ4v) is 1.61. The van der Waals surface area contributed by atoms with Gasteiger partial charge in [0.25, 0.3) is 5.91 Å². The van der Waals surface area contributed by atoms with Crippen molar-refractivity contribution in [2.75, 3.05) is 11.9 Å². The van der Waals surface area contributed by atoms with Gasteiger partial charge >= 0.3 is 0 Å². The van der Waals surface area contributed by atoms with E-state index in [1.165, 1.54) is 11.1 Å². The molecule has 1 amide bonds. The molecule has 17 heavy (non-hydrogen) atoms. The summed E-state index contributed by atoms with van der Waals surface area (Å²) in [7, 11) is 1.69. The van der Waals surface area contributed by atoms with Crippen molar-refractivity contribution in [3.05, 3.63) is 53.6 Å². The van der Waals surface area contributed by atoms with Gasteiger partial charge in [-0.2, -0.15) is 0 Å². The number of hydrogen-bond donors (Lipinski definition) is 0. The number of pyridine rings is 2. The van der Waals surface area contributed by atoms with Gasteiger partial charge in [-0.25, -0.2) is 0 Å². The maximum atomic E-state index is 12.2. The van der Waals surface area contributed by atoms with Crippen LogP contribution in [0, 0.1) is 0 Å². The highest BCUT2D eigenvalue weighted by molar-refractivity contribution is 6.34. The third kappa shape index (κ3) is 2.42. The lowest BCUT2D eigenvalue weighted by atomic mass is 10.2. The van der Waals surface area contributed by atoms with Crippen LogP contribution in [-0.2, 0) is 0 Å². The van der Waals surface area contributed by atoms with Crippen molar-refractivity contribution in [2.45, 2.75) is 0 Å². The molecule has 0 N–H and O–H groups in total. The van der Waals surface area contributed by atoms with E-state index in [1.54, 1.807) is 43.8 Å². The van der Waals surface area contributed by atoms with Gasteiger partial charge in [0, 0.05) is 37.5 Å². The Kier molecular flexibility index (Phi) is 3.35. The maximum absolute atomic E-state index is 12.2. The predicted octanol–water partition coefficient (Wildman–Crippen LogP) is 2.41. The number of rotatable bonds is 2. The second kappa shape index (κ2) is 4.93. The van der Waals surface area contributed by atoms with Gasteiger partial charge in [-0.1, -0.05) is 11.6 Å². The molecule has 5 heteroatoms. The summed E-state index contributed by atoms with van der Waals surface area (Å²) in [5, 5.41) is 0.346. The summed E-state index contributed by atoms with van der Waals surface area (Å²) in [6, 6.07) is 5.11. The highest BCUT2D eigenvalue weighted by Crippen LogP contribution is 2.19. The smallest absolute Gasteiger partial charge is 0.259 e. The molecule has 0 atom stereocenters. The van der Waals surface area contributed by atoms with Gasteiger partial charge in [-0.05, 0) is 18.2 Å². The Morgan fingerprint density at radius 3 is 2.47 bits per heavy atom. The van der Waals surface area contributed by atoms with E-state index in [0.29, 0.717) is 10.6 Å². The minimum Gasteiger partial charge on any atom is -0.311 e. The second-order valence-corrected chi connectivity index (χ2v) is 3.83. The molecule has 0 aliphatic heterocycles. The zero-order chi connectivity index (χ0) is 12.3. The van der Waals surface area contributed by atoms with Crippen molar-refractivity contribution in [1.82, 2.24) is 9.97 Å². The standard InChI is InChI=1S/C12H10ClN3O/c1-16(9-2-5-14-6-3-9)12(17)10-4-7-15-8-11(10)13/h2-8H,1H3. The number of nitrogens with zero attached hydrogens (tertiary/aromatic N) is 3. The molecular weight excluding hydrogens is 238 g/mol. The Labute approximate surface area is 104 Å². The minimum absolute atomic E-state index is 0.177. The van der Waals surface area contributed by atoms with Gasteiger partial charge in [-0.15, -0.1) is 0 Å². The highest BCUT2D eigenvalue weighted by Gasteiger charge is 2.15. The number of aromatic nitrogens is 2. The molecule has 0 unspecified atom stereocenters. The average molecular weight is 248 g/mol. The van der Waals surface area contributed by atoms with Crippen LogP contribution in [0.25, 0.3) is 0 Å². The van der Waals surface area contributed by atoms with Crippen LogP contribution in [0.3, 0.4) is 0 Å². The van der Waals surface area contributed by atoms with E-state index in [2.05, 4.69) is 9.97 Å². The van der Waals surface area contributed by atoms with Crippen molar-refractivity contribution in [3.8, 4) is 0 Å². The summed E-state index contributed by atoms with van der Waals surface area (Å²) in [6.45, 7) is 0. The molecular formula is C12H10ClN3O. The molecule has 0 saturated carbocycles. The molecule has 2 rings (SSSR count). The van der Waals surface area contributed by atoms with Crippen LogP contribution in [0.2, 0.25) is 5.02 Å². The Morgan fingerprint density at radius 2 is 1.82 bits per heavy atom. The van der Waals surface area contributed by atoms with E-state index in [4.69, 9.17) is 11.6 Å². The fraction of sp³-hybridized carbons (Fsp3) is 0.0833. The molecule has 0 aliphatic rings.